The Labute approximate surface area is 181 Å². The van der Waals surface area contributed by atoms with Crippen LogP contribution in [0.15, 0.2) is 48.5 Å². The number of alkyl halides is 1. The highest BCUT2D eigenvalue weighted by molar-refractivity contribution is 5.26. The average Bonchev–Trinajstić information content (AvgIpc) is 2.73. The van der Waals surface area contributed by atoms with Crippen LogP contribution < -0.4 is 16.4 Å². The third-order valence-electron chi connectivity index (χ3n) is 4.81. The Bertz CT molecular complexity index is 568. The molecule has 0 aromatic rings. The van der Waals surface area contributed by atoms with E-state index >= 15 is 0 Å². The van der Waals surface area contributed by atoms with E-state index in [2.05, 4.69) is 27.0 Å². The number of unbranched alkanes of at least 4 members (excludes halogenated alkanes) is 2. The van der Waals surface area contributed by atoms with Crippen LogP contribution in [-0.2, 0) is 4.74 Å². The van der Waals surface area contributed by atoms with E-state index in [1.54, 1.807) is 12.2 Å². The molecule has 0 saturated carbocycles. The summed E-state index contributed by atoms with van der Waals surface area (Å²) in [6.07, 6.45) is 12.3. The third kappa shape index (κ3) is 10.2. The van der Waals surface area contributed by atoms with Crippen LogP contribution in [0.25, 0.3) is 0 Å². The normalized spacial score (nSPS) is 20.8. The van der Waals surface area contributed by atoms with Gasteiger partial charge in [0.1, 0.15) is 25.2 Å². The van der Waals surface area contributed by atoms with Crippen LogP contribution in [0.5, 0.6) is 0 Å². The lowest BCUT2D eigenvalue weighted by Crippen LogP contribution is -2.50. The molecule has 2 atom stereocenters. The van der Waals surface area contributed by atoms with Crippen LogP contribution in [0, 0.1) is 0 Å². The number of aliphatic hydroxyl groups excluding tert-OH is 1. The largest absolute Gasteiger partial charge is 0.494 e. The SMILES string of the molecule is C=C/C=C(\CN(C)CCN/C=C1\C(N)C=CN(C)C1NCCCCCO)OCCF. The Morgan fingerprint density at radius 2 is 2.20 bits per heavy atom. The Morgan fingerprint density at radius 1 is 1.40 bits per heavy atom. The Balaban J connectivity index is 2.51. The monoisotopic (exact) mass is 425 g/mol. The van der Waals surface area contributed by atoms with Crippen LogP contribution in [-0.4, -0.2) is 87.3 Å². The van der Waals surface area contributed by atoms with E-state index in [-0.39, 0.29) is 25.4 Å². The minimum absolute atomic E-state index is 0.0422. The van der Waals surface area contributed by atoms with Crippen molar-refractivity contribution < 1.29 is 14.2 Å². The van der Waals surface area contributed by atoms with Crippen molar-refractivity contribution in [2.24, 2.45) is 5.73 Å². The average molecular weight is 426 g/mol. The minimum Gasteiger partial charge on any atom is -0.494 e. The van der Waals surface area contributed by atoms with Gasteiger partial charge >= 0.3 is 0 Å². The highest BCUT2D eigenvalue weighted by Crippen LogP contribution is 2.16. The molecular formula is C22H40FN5O2. The first-order valence-electron chi connectivity index (χ1n) is 10.7. The fourth-order valence-corrected chi connectivity index (χ4v) is 3.17. The van der Waals surface area contributed by atoms with Crippen molar-refractivity contribution in [1.29, 1.82) is 0 Å². The maximum absolute atomic E-state index is 12.3. The standard InChI is InChI=1S/C22H40FN5O2/c1-4-8-19(30-16-10-23)18-27(2)14-12-25-17-20-21(24)9-13-28(3)22(20)26-11-6-5-7-15-29/h4,8-9,13,17,21-22,25-26,29H,1,5-7,10-12,14-16,18,24H2,2-3H3/b19-8+,20-17+. The van der Waals surface area contributed by atoms with Gasteiger partial charge in [0, 0.05) is 38.5 Å². The number of halogens is 1. The number of aliphatic hydroxyl groups is 1. The first-order valence-corrected chi connectivity index (χ1v) is 10.7. The number of likely N-dealkylation sites (N-methyl/N-ethyl adjacent to an activating group) is 2. The smallest absolute Gasteiger partial charge is 0.123 e. The molecule has 172 valence electrons. The number of hydrogen-bond acceptors (Lipinski definition) is 7. The van der Waals surface area contributed by atoms with Gasteiger partial charge < -0.3 is 25.8 Å². The predicted molar refractivity (Wildman–Crippen MR) is 121 cm³/mol. The van der Waals surface area contributed by atoms with Gasteiger partial charge in [0.2, 0.25) is 0 Å². The van der Waals surface area contributed by atoms with Crippen LogP contribution in [0.1, 0.15) is 19.3 Å². The summed E-state index contributed by atoms with van der Waals surface area (Å²) < 4.78 is 17.7. The van der Waals surface area contributed by atoms with Crippen molar-refractivity contribution in [3.63, 3.8) is 0 Å². The molecule has 1 aliphatic heterocycles. The second-order valence-corrected chi connectivity index (χ2v) is 7.42. The molecule has 0 bridgehead atoms. The van der Waals surface area contributed by atoms with Gasteiger partial charge in [0.25, 0.3) is 0 Å². The van der Waals surface area contributed by atoms with E-state index in [1.807, 2.05) is 32.6 Å². The maximum atomic E-state index is 12.3. The van der Waals surface area contributed by atoms with Crippen molar-refractivity contribution in [1.82, 2.24) is 20.4 Å². The number of ether oxygens (including phenoxy) is 1. The lowest BCUT2D eigenvalue weighted by molar-refractivity contribution is 0.162. The quantitative estimate of drug-likeness (QED) is 0.169. The molecule has 0 saturated heterocycles. The van der Waals surface area contributed by atoms with Gasteiger partial charge in [-0.25, -0.2) is 4.39 Å². The van der Waals surface area contributed by atoms with Crippen molar-refractivity contribution >= 4 is 0 Å². The molecule has 0 radical (unpaired) electrons. The molecule has 1 heterocycles. The van der Waals surface area contributed by atoms with Gasteiger partial charge in [-0.15, -0.1) is 0 Å². The summed E-state index contributed by atoms with van der Waals surface area (Å²) in [5.41, 5.74) is 7.39. The molecule has 8 heteroatoms. The fourth-order valence-electron chi connectivity index (χ4n) is 3.17. The van der Waals surface area contributed by atoms with Gasteiger partial charge in [-0.1, -0.05) is 12.7 Å². The number of nitrogens with two attached hydrogens (primary N) is 1. The molecule has 0 fully saturated rings. The lowest BCUT2D eigenvalue weighted by atomic mass is 10.0. The second-order valence-electron chi connectivity index (χ2n) is 7.42. The number of hydrogen-bond donors (Lipinski definition) is 4. The maximum Gasteiger partial charge on any atom is 0.123 e. The van der Waals surface area contributed by atoms with Crippen molar-refractivity contribution in [3.8, 4) is 0 Å². The molecule has 0 aliphatic carbocycles. The van der Waals surface area contributed by atoms with E-state index in [0.717, 1.165) is 44.5 Å². The van der Waals surface area contributed by atoms with E-state index in [0.29, 0.717) is 12.3 Å². The van der Waals surface area contributed by atoms with E-state index in [1.165, 1.54) is 0 Å². The van der Waals surface area contributed by atoms with E-state index in [9.17, 15) is 4.39 Å². The molecule has 0 aromatic heterocycles. The van der Waals surface area contributed by atoms with Gasteiger partial charge in [-0.2, -0.15) is 0 Å². The molecule has 7 nitrogen and oxygen atoms in total. The Hall–Kier alpha value is -1.87. The molecular weight excluding hydrogens is 385 g/mol. The number of allylic oxidation sites excluding steroid dienone is 2. The van der Waals surface area contributed by atoms with Crippen molar-refractivity contribution in [2.45, 2.75) is 31.5 Å². The van der Waals surface area contributed by atoms with E-state index in [4.69, 9.17) is 15.6 Å². The van der Waals surface area contributed by atoms with Gasteiger partial charge in [0.05, 0.1) is 12.6 Å². The van der Waals surface area contributed by atoms with Crippen LogP contribution in [0.4, 0.5) is 4.39 Å². The van der Waals surface area contributed by atoms with Gasteiger partial charge in [-0.3, -0.25) is 10.2 Å². The molecule has 5 N–H and O–H groups in total. The molecule has 0 amide bonds. The summed E-state index contributed by atoms with van der Waals surface area (Å²) >= 11 is 0. The molecule has 30 heavy (non-hydrogen) atoms. The topological polar surface area (TPSA) is 86.0 Å². The number of rotatable bonds is 16. The minimum atomic E-state index is -0.507. The lowest BCUT2D eigenvalue weighted by Gasteiger charge is -2.36. The van der Waals surface area contributed by atoms with Gasteiger partial charge in [0.15, 0.2) is 0 Å². The Kier molecular flexibility index (Phi) is 13.9. The summed E-state index contributed by atoms with van der Waals surface area (Å²) in [6.45, 7) is 6.46. The Morgan fingerprint density at radius 3 is 2.90 bits per heavy atom. The summed E-state index contributed by atoms with van der Waals surface area (Å²) in [6, 6.07) is -0.141. The van der Waals surface area contributed by atoms with Gasteiger partial charge in [-0.05, 0) is 51.2 Å². The molecule has 1 aliphatic rings. The zero-order valence-electron chi connectivity index (χ0n) is 18.5. The van der Waals surface area contributed by atoms with Crippen LogP contribution in [0.3, 0.4) is 0 Å². The highest BCUT2D eigenvalue weighted by atomic mass is 19.1. The first-order chi connectivity index (χ1) is 14.5. The predicted octanol–water partition coefficient (Wildman–Crippen LogP) is 1.31. The number of nitrogens with one attached hydrogen (secondary N) is 2. The fraction of sp³-hybridized carbons (Fsp3) is 0.636. The second kappa shape index (κ2) is 15.9. The van der Waals surface area contributed by atoms with Crippen LogP contribution >= 0.6 is 0 Å². The number of nitrogens with zero attached hydrogens (tertiary/aromatic N) is 2. The van der Waals surface area contributed by atoms with Crippen LogP contribution in [0.2, 0.25) is 0 Å². The first kappa shape index (κ1) is 26.2. The molecule has 2 unspecified atom stereocenters. The van der Waals surface area contributed by atoms with Crippen molar-refractivity contribution in [3.05, 3.63) is 48.5 Å². The summed E-state index contributed by atoms with van der Waals surface area (Å²) in [5, 5.41) is 15.8. The highest BCUT2D eigenvalue weighted by Gasteiger charge is 2.24. The molecule has 1 rings (SSSR count). The van der Waals surface area contributed by atoms with E-state index < -0.39 is 6.67 Å². The summed E-state index contributed by atoms with van der Waals surface area (Å²) in [7, 11) is 4.02. The summed E-state index contributed by atoms with van der Waals surface area (Å²) in [4.78, 5) is 4.21. The zero-order chi connectivity index (χ0) is 22.2. The van der Waals surface area contributed by atoms with Crippen molar-refractivity contribution in [2.75, 3.05) is 60.2 Å². The molecule has 0 spiro atoms. The third-order valence-corrected chi connectivity index (χ3v) is 4.81. The summed E-state index contributed by atoms with van der Waals surface area (Å²) in [5.74, 6) is 0.704. The zero-order valence-corrected chi connectivity index (χ0v) is 18.5. The molecule has 0 aromatic carbocycles.